The number of phenols is 1. The van der Waals surface area contributed by atoms with Gasteiger partial charge in [0.15, 0.2) is 18.2 Å². The van der Waals surface area contributed by atoms with Crippen LogP contribution in [-0.4, -0.2) is 110 Å². The van der Waals surface area contributed by atoms with E-state index < -0.39 is 74.6 Å². The number of aliphatic hydroxyl groups is 6. The lowest BCUT2D eigenvalue weighted by molar-refractivity contribution is -0.318. The fourth-order valence-electron chi connectivity index (χ4n) is 4.75. The molecular weight excluding hydrogens is 520 g/mol. The third-order valence-electron chi connectivity index (χ3n) is 7.11. The Kier molecular flexibility index (Phi) is 7.79. The Morgan fingerprint density at radius 3 is 2.41 bits per heavy atom. The van der Waals surface area contributed by atoms with Crippen molar-refractivity contribution in [3.8, 4) is 17.2 Å². The second kappa shape index (κ2) is 11.0. The van der Waals surface area contributed by atoms with Gasteiger partial charge in [0.2, 0.25) is 6.29 Å². The van der Waals surface area contributed by atoms with Gasteiger partial charge in [-0.3, -0.25) is 4.79 Å². The molecule has 0 bridgehead atoms. The van der Waals surface area contributed by atoms with E-state index in [0.717, 1.165) is 0 Å². The lowest BCUT2D eigenvalue weighted by Gasteiger charge is -2.42. The number of ether oxygens (including phenoxy) is 5. The van der Waals surface area contributed by atoms with Crippen molar-refractivity contribution in [2.24, 2.45) is 0 Å². The molecule has 2 fully saturated rings. The highest BCUT2D eigenvalue weighted by molar-refractivity contribution is 6.00. The van der Waals surface area contributed by atoms with Gasteiger partial charge >= 0.3 is 0 Å². The molecule has 3 heterocycles. The van der Waals surface area contributed by atoms with E-state index in [1.807, 2.05) is 0 Å². The standard InChI is InChI=1S/C26H30O13/c27-9-19-20(31)21(32)22(39-25-23(33)26(34,10-28)11-35-25)24(38-19)36-14-4-1-12(2-5-14)17-8-16(30)15-6-3-13(29)7-18(15)37-17/h1-7,17,19-25,27-29,31-34H,8-11H2/t17-,19-,20+,21+,22+,23-,24+,25-,26-/m0/s1. The van der Waals surface area contributed by atoms with E-state index in [2.05, 4.69) is 0 Å². The third-order valence-corrected chi connectivity index (χ3v) is 7.11. The molecule has 2 saturated heterocycles. The van der Waals surface area contributed by atoms with Gasteiger partial charge in [-0.2, -0.15) is 0 Å². The van der Waals surface area contributed by atoms with Crippen LogP contribution in [0.5, 0.6) is 17.2 Å². The first kappa shape index (κ1) is 27.7. The second-order valence-electron chi connectivity index (χ2n) is 9.79. The minimum absolute atomic E-state index is 0.0275. The van der Waals surface area contributed by atoms with E-state index in [1.54, 1.807) is 24.3 Å². The number of rotatable bonds is 7. The van der Waals surface area contributed by atoms with Gasteiger partial charge in [0, 0.05) is 6.07 Å². The van der Waals surface area contributed by atoms with E-state index >= 15 is 0 Å². The normalized spacial score (nSPS) is 36.3. The third kappa shape index (κ3) is 5.33. The minimum atomic E-state index is -1.98. The van der Waals surface area contributed by atoms with Crippen molar-refractivity contribution in [2.45, 2.75) is 61.2 Å². The number of hydrogen-bond acceptors (Lipinski definition) is 13. The molecule has 0 saturated carbocycles. The van der Waals surface area contributed by atoms with E-state index in [9.17, 15) is 40.5 Å². The highest BCUT2D eigenvalue weighted by Gasteiger charge is 2.53. The maximum absolute atomic E-state index is 12.5. The van der Waals surface area contributed by atoms with Crippen molar-refractivity contribution in [1.82, 2.24) is 0 Å². The lowest BCUT2D eigenvalue weighted by atomic mass is 9.96. The number of carbonyl (C=O) groups is 1. The second-order valence-corrected chi connectivity index (χ2v) is 9.79. The van der Waals surface area contributed by atoms with Crippen LogP contribution in [0.2, 0.25) is 0 Å². The molecule has 0 unspecified atom stereocenters. The Labute approximate surface area is 222 Å². The van der Waals surface area contributed by atoms with Gasteiger partial charge in [0.25, 0.3) is 0 Å². The van der Waals surface area contributed by atoms with E-state index in [1.165, 1.54) is 18.2 Å². The van der Waals surface area contributed by atoms with E-state index in [-0.39, 0.29) is 29.5 Å². The number of ketones is 1. The summed E-state index contributed by atoms with van der Waals surface area (Å²) in [6.45, 7) is -1.88. The van der Waals surface area contributed by atoms with Crippen molar-refractivity contribution in [1.29, 1.82) is 0 Å². The number of aliphatic hydroxyl groups excluding tert-OH is 5. The minimum Gasteiger partial charge on any atom is -0.508 e. The van der Waals surface area contributed by atoms with Gasteiger partial charge in [0.05, 0.1) is 31.8 Å². The van der Waals surface area contributed by atoms with Crippen LogP contribution < -0.4 is 9.47 Å². The van der Waals surface area contributed by atoms with Gasteiger partial charge in [-0.05, 0) is 29.8 Å². The molecule has 0 aromatic heterocycles. The van der Waals surface area contributed by atoms with Crippen molar-refractivity contribution < 1.29 is 64.2 Å². The number of phenolic OH excluding ortho intramolecular Hbond substituents is 1. The summed E-state index contributed by atoms with van der Waals surface area (Å²) >= 11 is 0. The molecule has 7 N–H and O–H groups in total. The average Bonchev–Trinajstić information content (AvgIpc) is 3.21. The molecule has 5 rings (SSSR count). The number of Topliss-reactive ketones (excluding diaryl/α,β-unsaturated/α-hetero) is 1. The zero-order valence-corrected chi connectivity index (χ0v) is 20.6. The Hall–Kier alpha value is -2.85. The monoisotopic (exact) mass is 550 g/mol. The zero-order valence-electron chi connectivity index (χ0n) is 20.6. The first-order valence-electron chi connectivity index (χ1n) is 12.3. The first-order chi connectivity index (χ1) is 18.6. The largest absolute Gasteiger partial charge is 0.508 e. The van der Waals surface area contributed by atoms with Crippen LogP contribution in [0.4, 0.5) is 0 Å². The van der Waals surface area contributed by atoms with Crippen LogP contribution in [-0.2, 0) is 14.2 Å². The Balaban J connectivity index is 1.31. The number of carbonyl (C=O) groups excluding carboxylic acids is 1. The van der Waals surface area contributed by atoms with Gasteiger partial charge in [-0.15, -0.1) is 0 Å². The molecule has 13 heteroatoms. The van der Waals surface area contributed by atoms with E-state index in [0.29, 0.717) is 11.1 Å². The summed E-state index contributed by atoms with van der Waals surface area (Å²) in [6, 6.07) is 10.7. The number of benzene rings is 2. The Morgan fingerprint density at radius 2 is 1.74 bits per heavy atom. The summed E-state index contributed by atoms with van der Waals surface area (Å²) in [6.07, 6.45) is -10.9. The van der Waals surface area contributed by atoms with Crippen LogP contribution in [0.3, 0.4) is 0 Å². The maximum atomic E-state index is 12.5. The number of hydrogen-bond donors (Lipinski definition) is 7. The molecule has 0 spiro atoms. The van der Waals surface area contributed by atoms with Crippen LogP contribution in [0, 0.1) is 0 Å². The predicted octanol–water partition coefficient (Wildman–Crippen LogP) is -1.26. The van der Waals surface area contributed by atoms with Crippen molar-refractivity contribution >= 4 is 5.78 Å². The highest BCUT2D eigenvalue weighted by Crippen LogP contribution is 2.38. The maximum Gasteiger partial charge on any atom is 0.229 e. The quantitative estimate of drug-likeness (QED) is 0.215. The molecule has 3 aliphatic rings. The van der Waals surface area contributed by atoms with Crippen LogP contribution in [0.1, 0.15) is 28.4 Å². The summed E-state index contributed by atoms with van der Waals surface area (Å²) in [7, 11) is 0. The molecule has 3 aliphatic heterocycles. The Bertz CT molecular complexity index is 1170. The molecule has 9 atom stereocenters. The molecule has 2 aromatic rings. The molecule has 2 aromatic carbocycles. The van der Waals surface area contributed by atoms with Crippen molar-refractivity contribution in [3.05, 3.63) is 53.6 Å². The van der Waals surface area contributed by atoms with Gasteiger partial charge in [-0.1, -0.05) is 12.1 Å². The molecule has 13 nitrogen and oxygen atoms in total. The topological polar surface area (TPSA) is 205 Å². The highest BCUT2D eigenvalue weighted by atomic mass is 16.8. The van der Waals surface area contributed by atoms with Crippen LogP contribution in [0.25, 0.3) is 0 Å². The number of aromatic hydroxyl groups is 1. The van der Waals surface area contributed by atoms with Crippen molar-refractivity contribution in [2.75, 3.05) is 19.8 Å². The molecule has 39 heavy (non-hydrogen) atoms. The van der Waals surface area contributed by atoms with Gasteiger partial charge in [0.1, 0.15) is 53.4 Å². The van der Waals surface area contributed by atoms with Crippen molar-refractivity contribution in [3.63, 3.8) is 0 Å². The average molecular weight is 551 g/mol. The summed E-state index contributed by atoms with van der Waals surface area (Å²) in [5, 5.41) is 70.3. The SMILES string of the molecule is O=C1C[C@@H](c2ccc(O[C@@H]3O[C@@H](CO)[C@@H](O)[C@@H](O)[C@H]3O[C@@H]3OC[C@@](O)(CO)[C@H]3O)cc2)Oc2cc(O)ccc21. The van der Waals surface area contributed by atoms with Gasteiger partial charge in [-0.25, -0.2) is 0 Å². The summed E-state index contributed by atoms with van der Waals surface area (Å²) in [5.74, 6) is 0.348. The Morgan fingerprint density at radius 1 is 1.00 bits per heavy atom. The zero-order chi connectivity index (χ0) is 27.9. The molecule has 0 radical (unpaired) electrons. The predicted molar refractivity (Wildman–Crippen MR) is 128 cm³/mol. The number of fused-ring (bicyclic) bond motifs is 1. The summed E-state index contributed by atoms with van der Waals surface area (Å²) < 4.78 is 28.3. The summed E-state index contributed by atoms with van der Waals surface area (Å²) in [4.78, 5) is 12.5. The smallest absolute Gasteiger partial charge is 0.229 e. The first-order valence-corrected chi connectivity index (χ1v) is 12.3. The van der Waals surface area contributed by atoms with Gasteiger partial charge < -0.3 is 59.4 Å². The fraction of sp³-hybridized carbons (Fsp3) is 0.500. The van der Waals surface area contributed by atoms with E-state index in [4.69, 9.17) is 23.7 Å². The molecule has 0 amide bonds. The fourth-order valence-corrected chi connectivity index (χ4v) is 4.75. The van der Waals surface area contributed by atoms with Crippen LogP contribution >= 0.6 is 0 Å². The summed E-state index contributed by atoms with van der Waals surface area (Å²) in [5.41, 5.74) is -0.945. The molecule has 212 valence electrons. The lowest BCUT2D eigenvalue weighted by Crippen LogP contribution is -2.62. The molecular formula is C26H30O13. The van der Waals surface area contributed by atoms with Crippen LogP contribution in [0.15, 0.2) is 42.5 Å². The molecule has 0 aliphatic carbocycles.